The summed E-state index contributed by atoms with van der Waals surface area (Å²) in [5.41, 5.74) is 1.15. The summed E-state index contributed by atoms with van der Waals surface area (Å²) in [5.74, 6) is -0.00471. The molecule has 0 aliphatic carbocycles. The molecule has 0 aliphatic heterocycles. The van der Waals surface area contributed by atoms with Gasteiger partial charge in [-0.05, 0) is 30.7 Å². The quantitative estimate of drug-likeness (QED) is 0.444. The van der Waals surface area contributed by atoms with Gasteiger partial charge in [0, 0.05) is 16.9 Å². The number of carbonyl (C=O) groups is 1. The lowest BCUT2D eigenvalue weighted by Gasteiger charge is -2.09. The number of carbonyl (C=O) groups excluding carboxylic acids is 1. The first-order chi connectivity index (χ1) is 10.5. The van der Waals surface area contributed by atoms with Crippen LogP contribution in [0.25, 0.3) is 0 Å². The van der Waals surface area contributed by atoms with E-state index in [4.69, 9.17) is 4.74 Å². The molecule has 0 spiro atoms. The van der Waals surface area contributed by atoms with E-state index in [9.17, 15) is 17.8 Å². The van der Waals surface area contributed by atoms with Gasteiger partial charge in [0.1, 0.15) is 5.75 Å². The van der Waals surface area contributed by atoms with Crippen LogP contribution in [0.4, 0.5) is 0 Å². The number of hydrogen-bond acceptors (Lipinski definition) is 5. The molecule has 2 aromatic rings. The molecule has 6 heteroatoms. The van der Waals surface area contributed by atoms with Gasteiger partial charge >= 0.3 is 0 Å². The van der Waals surface area contributed by atoms with Gasteiger partial charge in [0.2, 0.25) is 0 Å². The smallest absolute Gasteiger partial charge is 0.193 e. The summed E-state index contributed by atoms with van der Waals surface area (Å²) in [6.45, 7) is 0.132. The fourth-order valence-electron chi connectivity index (χ4n) is 1.88. The first-order valence-electron chi connectivity index (χ1n) is 6.72. The third-order valence-electron chi connectivity index (χ3n) is 2.96. The molecular formula is C16H15O5S-. The molecule has 0 heterocycles. The molecule has 2 aromatic carbocycles. The average Bonchev–Trinajstić information content (AvgIpc) is 2.51. The molecule has 5 nitrogen and oxygen atoms in total. The minimum Gasteiger partial charge on any atom is -0.748 e. The Balaban J connectivity index is 1.92. The van der Waals surface area contributed by atoms with Crippen LogP contribution in [0.2, 0.25) is 0 Å². The van der Waals surface area contributed by atoms with E-state index in [1.165, 1.54) is 0 Å². The van der Waals surface area contributed by atoms with Crippen LogP contribution < -0.4 is 4.74 Å². The maximum atomic E-state index is 12.2. The third-order valence-corrected chi connectivity index (χ3v) is 3.75. The number of benzene rings is 2. The molecule has 22 heavy (non-hydrogen) atoms. The van der Waals surface area contributed by atoms with Gasteiger partial charge in [0.25, 0.3) is 0 Å². The van der Waals surface area contributed by atoms with Crippen LogP contribution in [0.5, 0.6) is 5.75 Å². The van der Waals surface area contributed by atoms with Gasteiger partial charge in [-0.2, -0.15) is 0 Å². The maximum Gasteiger partial charge on any atom is 0.193 e. The van der Waals surface area contributed by atoms with Gasteiger partial charge in [0.15, 0.2) is 5.78 Å². The van der Waals surface area contributed by atoms with Crippen LogP contribution >= 0.6 is 0 Å². The van der Waals surface area contributed by atoms with Gasteiger partial charge in [-0.15, -0.1) is 0 Å². The Morgan fingerprint density at radius 1 is 0.955 bits per heavy atom. The van der Waals surface area contributed by atoms with Crippen LogP contribution in [-0.2, 0) is 10.1 Å². The van der Waals surface area contributed by atoms with Crippen molar-refractivity contribution >= 4 is 15.9 Å². The molecule has 0 saturated carbocycles. The van der Waals surface area contributed by atoms with E-state index in [1.54, 1.807) is 48.5 Å². The standard InChI is InChI=1S/C16H16O5S/c17-16(13-5-2-1-3-6-13)14-7-9-15(10-8-14)21-11-4-12-22(18,19)20/h1-3,5-10H,4,11-12H2,(H,18,19,20)/p-1. The van der Waals surface area contributed by atoms with Gasteiger partial charge in [-0.3, -0.25) is 4.79 Å². The first kappa shape index (κ1) is 16.2. The van der Waals surface area contributed by atoms with Crippen LogP contribution in [0.3, 0.4) is 0 Å². The molecule has 116 valence electrons. The highest BCUT2D eigenvalue weighted by Crippen LogP contribution is 2.15. The topological polar surface area (TPSA) is 83.5 Å². The third kappa shape index (κ3) is 4.98. The van der Waals surface area contributed by atoms with Gasteiger partial charge in [-0.25, -0.2) is 8.42 Å². The number of hydrogen-bond donors (Lipinski definition) is 0. The second-order valence-electron chi connectivity index (χ2n) is 4.68. The predicted octanol–water partition coefficient (Wildman–Crippen LogP) is 2.23. The van der Waals surface area contributed by atoms with Crippen molar-refractivity contribution < 1.29 is 22.5 Å². The molecule has 0 amide bonds. The van der Waals surface area contributed by atoms with Crippen LogP contribution in [0, 0.1) is 0 Å². The second-order valence-corrected chi connectivity index (χ2v) is 6.21. The SMILES string of the molecule is O=C(c1ccccc1)c1ccc(OCCCS(=O)(=O)[O-])cc1. The van der Waals surface area contributed by atoms with E-state index >= 15 is 0 Å². The normalized spacial score (nSPS) is 11.1. The van der Waals surface area contributed by atoms with Crippen molar-refractivity contribution in [3.63, 3.8) is 0 Å². The summed E-state index contributed by atoms with van der Waals surface area (Å²) in [6.07, 6.45) is 0.135. The van der Waals surface area contributed by atoms with E-state index in [1.807, 2.05) is 6.07 Å². The minimum atomic E-state index is -4.20. The molecular weight excluding hydrogens is 304 g/mol. The van der Waals surface area contributed by atoms with Crippen molar-refractivity contribution in [1.29, 1.82) is 0 Å². The lowest BCUT2D eigenvalue weighted by atomic mass is 10.0. The zero-order chi connectivity index (χ0) is 16.0. The Morgan fingerprint density at radius 3 is 2.14 bits per heavy atom. The first-order valence-corrected chi connectivity index (χ1v) is 8.29. The maximum absolute atomic E-state index is 12.2. The Hall–Kier alpha value is -2.18. The van der Waals surface area contributed by atoms with Crippen molar-refractivity contribution in [3.05, 3.63) is 65.7 Å². The Labute approximate surface area is 129 Å². The number of ketones is 1. The van der Waals surface area contributed by atoms with Gasteiger partial charge < -0.3 is 9.29 Å². The molecule has 2 rings (SSSR count). The molecule has 0 unspecified atom stereocenters. The molecule has 0 fully saturated rings. The number of ether oxygens (including phenoxy) is 1. The summed E-state index contributed by atoms with van der Waals surface area (Å²) in [7, 11) is -4.20. The summed E-state index contributed by atoms with van der Waals surface area (Å²) in [6, 6.07) is 15.5. The molecule has 0 aliphatic rings. The monoisotopic (exact) mass is 319 g/mol. The van der Waals surface area contributed by atoms with E-state index in [0.29, 0.717) is 16.9 Å². The van der Waals surface area contributed by atoms with Crippen molar-refractivity contribution in [2.45, 2.75) is 6.42 Å². The van der Waals surface area contributed by atoms with Gasteiger partial charge in [-0.1, -0.05) is 30.3 Å². The minimum absolute atomic E-state index is 0.0791. The highest BCUT2D eigenvalue weighted by Gasteiger charge is 2.08. The second kappa shape index (κ2) is 7.20. The van der Waals surface area contributed by atoms with Gasteiger partial charge in [0.05, 0.1) is 16.7 Å². The van der Waals surface area contributed by atoms with E-state index in [0.717, 1.165) is 0 Å². The summed E-state index contributed by atoms with van der Waals surface area (Å²) >= 11 is 0. The summed E-state index contributed by atoms with van der Waals surface area (Å²) in [4.78, 5) is 12.2. The molecule has 0 atom stereocenters. The molecule has 0 radical (unpaired) electrons. The molecule has 0 aromatic heterocycles. The molecule has 0 N–H and O–H groups in total. The average molecular weight is 319 g/mol. The van der Waals surface area contributed by atoms with E-state index < -0.39 is 15.9 Å². The van der Waals surface area contributed by atoms with Crippen molar-refractivity contribution in [3.8, 4) is 5.75 Å². The van der Waals surface area contributed by atoms with Crippen LogP contribution in [0.1, 0.15) is 22.3 Å². The van der Waals surface area contributed by atoms with Crippen molar-refractivity contribution in [1.82, 2.24) is 0 Å². The highest BCUT2D eigenvalue weighted by atomic mass is 32.2. The molecule has 0 saturated heterocycles. The predicted molar refractivity (Wildman–Crippen MR) is 81.0 cm³/mol. The Morgan fingerprint density at radius 2 is 1.55 bits per heavy atom. The fourth-order valence-corrected chi connectivity index (χ4v) is 2.36. The summed E-state index contributed by atoms with van der Waals surface area (Å²) < 4.78 is 36.7. The Kier molecular flexibility index (Phi) is 5.30. The largest absolute Gasteiger partial charge is 0.748 e. The van der Waals surface area contributed by atoms with E-state index in [-0.39, 0.29) is 18.8 Å². The zero-order valence-electron chi connectivity index (χ0n) is 11.8. The van der Waals surface area contributed by atoms with E-state index in [2.05, 4.69) is 0 Å². The Bertz CT molecular complexity index is 721. The summed E-state index contributed by atoms with van der Waals surface area (Å²) in [5, 5.41) is 0. The van der Waals surface area contributed by atoms with Crippen LogP contribution in [-0.4, -0.2) is 31.1 Å². The lowest BCUT2D eigenvalue weighted by molar-refractivity contribution is 0.103. The zero-order valence-corrected chi connectivity index (χ0v) is 12.6. The molecule has 0 bridgehead atoms. The number of rotatable bonds is 7. The van der Waals surface area contributed by atoms with Crippen molar-refractivity contribution in [2.75, 3.05) is 12.4 Å². The highest BCUT2D eigenvalue weighted by molar-refractivity contribution is 7.85. The van der Waals surface area contributed by atoms with Crippen LogP contribution in [0.15, 0.2) is 54.6 Å². The fraction of sp³-hybridized carbons (Fsp3) is 0.188. The van der Waals surface area contributed by atoms with Crippen molar-refractivity contribution in [2.24, 2.45) is 0 Å². The lowest BCUT2D eigenvalue weighted by Crippen LogP contribution is -2.09.